The number of nitrogens with one attached hydrogen (secondary N) is 1. The molecule has 0 aliphatic rings. The third kappa shape index (κ3) is 3.63. The maximum atomic E-state index is 11.7. The smallest absolute Gasteiger partial charge is 0.261 e. The lowest BCUT2D eigenvalue weighted by Gasteiger charge is -2.05. The second kappa shape index (κ2) is 5.52. The van der Waals surface area contributed by atoms with Crippen LogP contribution in [0.3, 0.4) is 0 Å². The van der Waals surface area contributed by atoms with Crippen LogP contribution in [-0.4, -0.2) is 14.3 Å². The topological polar surface area (TPSA) is 89.3 Å². The maximum absolute atomic E-state index is 11.7. The molecule has 3 N–H and O–H groups in total. The number of hydrogen-bond donors (Lipinski definition) is 2. The average molecular weight is 296 g/mol. The van der Waals surface area contributed by atoms with Crippen molar-refractivity contribution in [3.05, 3.63) is 52.2 Å². The van der Waals surface area contributed by atoms with Crippen molar-refractivity contribution in [2.24, 2.45) is 5.14 Å². The molecule has 19 heavy (non-hydrogen) atoms. The maximum Gasteiger partial charge on any atom is 0.261 e. The highest BCUT2D eigenvalue weighted by Crippen LogP contribution is 2.11. The zero-order valence-corrected chi connectivity index (χ0v) is 11.5. The van der Waals surface area contributed by atoms with E-state index in [1.807, 2.05) is 5.38 Å². The van der Waals surface area contributed by atoms with Gasteiger partial charge in [0.2, 0.25) is 10.0 Å². The molecule has 5 nitrogen and oxygen atoms in total. The molecule has 0 radical (unpaired) electrons. The molecule has 2 rings (SSSR count). The first kappa shape index (κ1) is 13.7. The van der Waals surface area contributed by atoms with Crippen LogP contribution >= 0.6 is 11.3 Å². The number of amides is 1. The molecule has 0 bridgehead atoms. The molecule has 1 amide bonds. The number of carbonyl (C=O) groups excluding carboxylic acids is 1. The third-order valence-electron chi connectivity index (χ3n) is 2.43. The summed E-state index contributed by atoms with van der Waals surface area (Å²) >= 11 is 1.35. The Hall–Kier alpha value is -1.70. The minimum Gasteiger partial charge on any atom is -0.347 e. The van der Waals surface area contributed by atoms with Crippen LogP contribution < -0.4 is 10.5 Å². The Kier molecular flexibility index (Phi) is 3.98. The standard InChI is InChI=1S/C12H12N2O3S2/c13-19(16,17)10-4-1-3-9(7-10)8-14-12(15)11-5-2-6-18-11/h1-7H,8H2,(H,14,15)(H2,13,16,17). The van der Waals surface area contributed by atoms with Gasteiger partial charge in [0.15, 0.2) is 0 Å². The molecule has 0 aliphatic heterocycles. The first-order valence-electron chi connectivity index (χ1n) is 5.40. The summed E-state index contributed by atoms with van der Waals surface area (Å²) in [6.07, 6.45) is 0. The number of thiophene rings is 1. The Morgan fingerprint density at radius 2 is 2.05 bits per heavy atom. The van der Waals surface area contributed by atoms with E-state index in [2.05, 4.69) is 5.32 Å². The molecule has 100 valence electrons. The number of hydrogen-bond acceptors (Lipinski definition) is 4. The van der Waals surface area contributed by atoms with Crippen LogP contribution in [0, 0.1) is 0 Å². The molecule has 0 fully saturated rings. The highest BCUT2D eigenvalue weighted by molar-refractivity contribution is 7.89. The second-order valence-corrected chi connectivity index (χ2v) is 6.36. The number of nitrogens with two attached hydrogens (primary N) is 1. The van der Waals surface area contributed by atoms with E-state index in [0.29, 0.717) is 10.4 Å². The van der Waals surface area contributed by atoms with Gasteiger partial charge < -0.3 is 5.32 Å². The van der Waals surface area contributed by atoms with E-state index >= 15 is 0 Å². The van der Waals surface area contributed by atoms with Gasteiger partial charge in [-0.25, -0.2) is 13.6 Å². The summed E-state index contributed by atoms with van der Waals surface area (Å²) in [5.74, 6) is -0.184. The summed E-state index contributed by atoms with van der Waals surface area (Å²) in [7, 11) is -3.72. The van der Waals surface area contributed by atoms with Gasteiger partial charge in [-0.05, 0) is 29.1 Å². The van der Waals surface area contributed by atoms with Crippen LogP contribution in [0.4, 0.5) is 0 Å². The zero-order valence-electron chi connectivity index (χ0n) is 9.87. The van der Waals surface area contributed by atoms with Crippen LogP contribution in [0.1, 0.15) is 15.2 Å². The van der Waals surface area contributed by atoms with Gasteiger partial charge in [-0.2, -0.15) is 0 Å². The van der Waals surface area contributed by atoms with Crippen molar-refractivity contribution in [2.75, 3.05) is 0 Å². The van der Waals surface area contributed by atoms with Crippen LogP contribution in [0.25, 0.3) is 0 Å². The quantitative estimate of drug-likeness (QED) is 0.892. The van der Waals surface area contributed by atoms with Gasteiger partial charge in [0.05, 0.1) is 9.77 Å². The fraction of sp³-hybridized carbons (Fsp3) is 0.0833. The minimum absolute atomic E-state index is 0.0374. The van der Waals surface area contributed by atoms with Crippen molar-refractivity contribution in [3.8, 4) is 0 Å². The van der Waals surface area contributed by atoms with E-state index in [0.717, 1.165) is 0 Å². The van der Waals surface area contributed by atoms with Crippen molar-refractivity contribution in [1.82, 2.24) is 5.32 Å². The molecule has 7 heteroatoms. The summed E-state index contributed by atoms with van der Waals surface area (Å²) in [5, 5.41) is 9.58. The van der Waals surface area contributed by atoms with Crippen LogP contribution in [0.5, 0.6) is 0 Å². The summed E-state index contributed by atoms with van der Waals surface area (Å²) in [6.45, 7) is 0.250. The molecule has 0 aliphatic carbocycles. The summed E-state index contributed by atoms with van der Waals surface area (Å²) in [5.41, 5.74) is 0.677. The molecule has 1 aromatic heterocycles. The van der Waals surface area contributed by atoms with Crippen molar-refractivity contribution >= 4 is 27.3 Å². The largest absolute Gasteiger partial charge is 0.347 e. The predicted molar refractivity (Wildman–Crippen MR) is 73.3 cm³/mol. The molecule has 0 atom stereocenters. The lowest BCUT2D eigenvalue weighted by Crippen LogP contribution is -2.22. The van der Waals surface area contributed by atoms with Gasteiger partial charge >= 0.3 is 0 Å². The fourth-order valence-corrected chi connectivity index (χ4v) is 2.73. The molecule has 2 aromatic rings. The van der Waals surface area contributed by atoms with E-state index in [4.69, 9.17) is 5.14 Å². The average Bonchev–Trinajstić information content (AvgIpc) is 2.89. The first-order valence-corrected chi connectivity index (χ1v) is 7.83. The Morgan fingerprint density at radius 1 is 1.26 bits per heavy atom. The van der Waals surface area contributed by atoms with Crippen LogP contribution in [0.15, 0.2) is 46.7 Å². The number of sulfonamides is 1. The first-order chi connectivity index (χ1) is 8.97. The summed E-state index contributed by atoms with van der Waals surface area (Å²) in [4.78, 5) is 12.4. The van der Waals surface area contributed by atoms with Gasteiger partial charge in [-0.1, -0.05) is 18.2 Å². The van der Waals surface area contributed by atoms with Gasteiger partial charge in [0.1, 0.15) is 0 Å². The van der Waals surface area contributed by atoms with E-state index in [-0.39, 0.29) is 17.3 Å². The van der Waals surface area contributed by atoms with Gasteiger partial charge in [-0.3, -0.25) is 4.79 Å². The molecule has 1 aromatic carbocycles. The van der Waals surface area contributed by atoms with Crippen molar-refractivity contribution in [2.45, 2.75) is 11.4 Å². The fourth-order valence-electron chi connectivity index (χ4n) is 1.51. The Labute approximate surface area is 115 Å². The number of primary sulfonamides is 1. The SMILES string of the molecule is NS(=O)(=O)c1cccc(CNC(=O)c2cccs2)c1. The molecule has 0 saturated heterocycles. The van der Waals surface area contributed by atoms with Crippen molar-refractivity contribution < 1.29 is 13.2 Å². The van der Waals surface area contributed by atoms with Crippen molar-refractivity contribution in [1.29, 1.82) is 0 Å². The van der Waals surface area contributed by atoms with E-state index in [1.54, 1.807) is 24.3 Å². The summed E-state index contributed by atoms with van der Waals surface area (Å²) in [6, 6.07) is 9.70. The molecule has 0 saturated carbocycles. The highest BCUT2D eigenvalue weighted by Gasteiger charge is 2.09. The van der Waals surface area contributed by atoms with E-state index in [1.165, 1.54) is 23.5 Å². The van der Waals surface area contributed by atoms with Crippen LogP contribution in [-0.2, 0) is 16.6 Å². The number of carbonyl (C=O) groups is 1. The Morgan fingerprint density at radius 3 is 2.68 bits per heavy atom. The molecule has 1 heterocycles. The van der Waals surface area contributed by atoms with E-state index < -0.39 is 10.0 Å². The third-order valence-corrected chi connectivity index (χ3v) is 4.20. The lowest BCUT2D eigenvalue weighted by atomic mass is 10.2. The Bertz CT molecular complexity index is 679. The molecular weight excluding hydrogens is 284 g/mol. The van der Waals surface area contributed by atoms with Crippen molar-refractivity contribution in [3.63, 3.8) is 0 Å². The second-order valence-electron chi connectivity index (χ2n) is 3.85. The predicted octanol–water partition coefficient (Wildman–Crippen LogP) is 1.33. The van der Waals surface area contributed by atoms with Gasteiger partial charge in [0, 0.05) is 6.54 Å². The zero-order chi connectivity index (χ0) is 13.9. The van der Waals surface area contributed by atoms with Gasteiger partial charge in [0.25, 0.3) is 5.91 Å². The van der Waals surface area contributed by atoms with Gasteiger partial charge in [-0.15, -0.1) is 11.3 Å². The Balaban J connectivity index is 2.06. The molecular formula is C12H12N2O3S2. The minimum atomic E-state index is -3.72. The lowest BCUT2D eigenvalue weighted by molar-refractivity contribution is 0.0955. The molecule has 0 spiro atoms. The van der Waals surface area contributed by atoms with E-state index in [9.17, 15) is 13.2 Å². The van der Waals surface area contributed by atoms with Crippen LogP contribution in [0.2, 0.25) is 0 Å². The number of rotatable bonds is 4. The highest BCUT2D eigenvalue weighted by atomic mass is 32.2. The monoisotopic (exact) mass is 296 g/mol. The summed E-state index contributed by atoms with van der Waals surface area (Å²) < 4.78 is 22.4. The normalized spacial score (nSPS) is 11.2. The molecule has 0 unspecified atom stereocenters. The number of benzene rings is 1.